The number of nitrogens with two attached hydrogens (primary N) is 1. The molecule has 0 saturated heterocycles. The van der Waals surface area contributed by atoms with Crippen molar-refractivity contribution in [3.05, 3.63) is 29.3 Å². The third kappa shape index (κ3) is 6.06. The van der Waals surface area contributed by atoms with Crippen molar-refractivity contribution in [2.45, 2.75) is 33.6 Å². The van der Waals surface area contributed by atoms with E-state index in [1.165, 1.54) is 11.1 Å². The maximum atomic E-state index is 11.6. The fourth-order valence-corrected chi connectivity index (χ4v) is 1.69. The number of hydrogen-bond donors (Lipinski definition) is 2. The van der Waals surface area contributed by atoms with E-state index in [0.717, 1.165) is 12.2 Å². The molecule has 0 aliphatic heterocycles. The third-order valence-electron chi connectivity index (χ3n) is 3.35. The van der Waals surface area contributed by atoms with Gasteiger partial charge in [0.15, 0.2) is 0 Å². The van der Waals surface area contributed by atoms with E-state index in [1.54, 1.807) is 0 Å². The minimum absolute atomic E-state index is 0.0639. The van der Waals surface area contributed by atoms with Gasteiger partial charge in [-0.1, -0.05) is 13.0 Å². The van der Waals surface area contributed by atoms with Crippen molar-refractivity contribution in [2.24, 2.45) is 11.7 Å². The van der Waals surface area contributed by atoms with Crippen LogP contribution in [0.5, 0.6) is 5.75 Å². The van der Waals surface area contributed by atoms with Gasteiger partial charge in [-0.3, -0.25) is 4.79 Å². The quantitative estimate of drug-likeness (QED) is 0.716. The van der Waals surface area contributed by atoms with E-state index < -0.39 is 0 Å². The molecule has 1 unspecified atom stereocenters. The summed E-state index contributed by atoms with van der Waals surface area (Å²) in [6.45, 7) is 7.95. The second kappa shape index (κ2) is 8.59. The van der Waals surface area contributed by atoms with Gasteiger partial charge in [0.1, 0.15) is 5.75 Å². The molecule has 1 aromatic rings. The van der Waals surface area contributed by atoms with Crippen molar-refractivity contribution in [3.8, 4) is 5.75 Å². The first-order valence-electron chi connectivity index (χ1n) is 7.19. The van der Waals surface area contributed by atoms with E-state index in [4.69, 9.17) is 10.5 Å². The van der Waals surface area contributed by atoms with Gasteiger partial charge in [-0.15, -0.1) is 0 Å². The van der Waals surface area contributed by atoms with Crippen molar-refractivity contribution in [1.29, 1.82) is 0 Å². The summed E-state index contributed by atoms with van der Waals surface area (Å²) < 4.78 is 5.64. The highest BCUT2D eigenvalue weighted by Crippen LogP contribution is 2.16. The summed E-state index contributed by atoms with van der Waals surface area (Å²) in [6.07, 6.45) is 1.21. The molecule has 1 aromatic carbocycles. The van der Waals surface area contributed by atoms with Crippen molar-refractivity contribution < 1.29 is 9.53 Å². The van der Waals surface area contributed by atoms with Gasteiger partial charge in [0.25, 0.3) is 0 Å². The molecule has 0 aromatic heterocycles. The largest absolute Gasteiger partial charge is 0.494 e. The topological polar surface area (TPSA) is 64.3 Å². The Morgan fingerprint density at radius 2 is 2.10 bits per heavy atom. The summed E-state index contributed by atoms with van der Waals surface area (Å²) in [6, 6.07) is 6.04. The molecule has 4 heteroatoms. The van der Waals surface area contributed by atoms with Gasteiger partial charge in [-0.2, -0.15) is 0 Å². The summed E-state index contributed by atoms with van der Waals surface area (Å²) in [5.41, 5.74) is 7.97. The molecule has 1 atom stereocenters. The average Bonchev–Trinajstić information content (AvgIpc) is 2.44. The van der Waals surface area contributed by atoms with Crippen LogP contribution in [0.2, 0.25) is 0 Å². The van der Waals surface area contributed by atoms with Gasteiger partial charge in [-0.05, 0) is 56.0 Å². The zero-order chi connectivity index (χ0) is 15.0. The Hall–Kier alpha value is -1.55. The van der Waals surface area contributed by atoms with Crippen molar-refractivity contribution in [3.63, 3.8) is 0 Å². The number of benzene rings is 1. The molecule has 0 heterocycles. The molecule has 112 valence electrons. The molecule has 0 aliphatic carbocycles. The number of amides is 1. The predicted molar refractivity (Wildman–Crippen MR) is 81.9 cm³/mol. The fourth-order valence-electron chi connectivity index (χ4n) is 1.69. The van der Waals surface area contributed by atoms with Crippen LogP contribution in [-0.4, -0.2) is 25.6 Å². The van der Waals surface area contributed by atoms with Gasteiger partial charge in [0.05, 0.1) is 6.61 Å². The highest BCUT2D eigenvalue weighted by Gasteiger charge is 2.04. The second-order valence-corrected chi connectivity index (χ2v) is 5.34. The zero-order valence-corrected chi connectivity index (χ0v) is 12.7. The number of ether oxygens (including phenoxy) is 1. The minimum Gasteiger partial charge on any atom is -0.494 e. The van der Waals surface area contributed by atoms with Crippen LogP contribution in [0.3, 0.4) is 0 Å². The monoisotopic (exact) mass is 278 g/mol. The van der Waals surface area contributed by atoms with E-state index in [9.17, 15) is 4.79 Å². The van der Waals surface area contributed by atoms with Crippen molar-refractivity contribution >= 4 is 5.91 Å². The molecule has 0 spiro atoms. The Bertz CT molecular complexity index is 432. The number of hydrogen-bond acceptors (Lipinski definition) is 3. The lowest BCUT2D eigenvalue weighted by Crippen LogP contribution is -2.31. The molecule has 3 N–H and O–H groups in total. The van der Waals surface area contributed by atoms with E-state index >= 15 is 0 Å². The number of rotatable bonds is 8. The molecule has 0 bridgehead atoms. The molecule has 1 amide bonds. The summed E-state index contributed by atoms with van der Waals surface area (Å²) >= 11 is 0. The normalized spacial score (nSPS) is 12.0. The zero-order valence-electron chi connectivity index (χ0n) is 12.7. The molecule has 20 heavy (non-hydrogen) atoms. The number of carbonyl (C=O) groups is 1. The van der Waals surface area contributed by atoms with Crippen LogP contribution in [0, 0.1) is 19.8 Å². The highest BCUT2D eigenvalue weighted by atomic mass is 16.5. The van der Waals surface area contributed by atoms with Crippen LogP contribution < -0.4 is 15.8 Å². The number of aryl methyl sites for hydroxylation is 2. The molecule has 4 nitrogen and oxygen atoms in total. The average molecular weight is 278 g/mol. The lowest BCUT2D eigenvalue weighted by atomic mass is 10.1. The fraction of sp³-hybridized carbons (Fsp3) is 0.562. The molecular weight excluding hydrogens is 252 g/mol. The van der Waals surface area contributed by atoms with Crippen LogP contribution in [0.4, 0.5) is 0 Å². The number of nitrogens with one attached hydrogen (secondary N) is 1. The van der Waals surface area contributed by atoms with Gasteiger partial charge >= 0.3 is 0 Å². The van der Waals surface area contributed by atoms with Gasteiger partial charge in [0.2, 0.25) is 5.91 Å². The summed E-state index contributed by atoms with van der Waals surface area (Å²) in [4.78, 5) is 11.6. The first kappa shape index (κ1) is 16.5. The van der Waals surface area contributed by atoms with E-state index in [1.807, 2.05) is 25.1 Å². The standard InChI is InChI=1S/C16H26N2O2/c1-12(10-17)11-18-16(19)5-4-8-20-15-7-6-13(2)14(3)9-15/h6-7,9,12H,4-5,8,10-11,17H2,1-3H3,(H,18,19). The predicted octanol–water partition coefficient (Wildman–Crippen LogP) is 2.17. The first-order valence-corrected chi connectivity index (χ1v) is 7.19. The highest BCUT2D eigenvalue weighted by molar-refractivity contribution is 5.75. The Morgan fingerprint density at radius 3 is 2.75 bits per heavy atom. The van der Waals surface area contributed by atoms with Crippen LogP contribution in [0.15, 0.2) is 18.2 Å². The van der Waals surface area contributed by atoms with Crippen LogP contribution >= 0.6 is 0 Å². The summed E-state index contributed by atoms with van der Waals surface area (Å²) in [5, 5.41) is 2.87. The van der Waals surface area contributed by atoms with Crippen molar-refractivity contribution in [1.82, 2.24) is 5.32 Å². The van der Waals surface area contributed by atoms with Crippen LogP contribution in [0.25, 0.3) is 0 Å². The van der Waals surface area contributed by atoms with E-state index in [2.05, 4.69) is 19.2 Å². The van der Waals surface area contributed by atoms with Gasteiger partial charge in [0, 0.05) is 13.0 Å². The Kier molecular flexibility index (Phi) is 7.09. The lowest BCUT2D eigenvalue weighted by Gasteiger charge is -2.10. The third-order valence-corrected chi connectivity index (χ3v) is 3.35. The molecular formula is C16H26N2O2. The molecule has 1 rings (SSSR count). The SMILES string of the molecule is Cc1ccc(OCCCC(=O)NCC(C)CN)cc1C. The summed E-state index contributed by atoms with van der Waals surface area (Å²) in [5.74, 6) is 1.25. The molecule has 0 saturated carbocycles. The molecule has 0 fully saturated rings. The summed E-state index contributed by atoms with van der Waals surface area (Å²) in [7, 11) is 0. The van der Waals surface area contributed by atoms with Gasteiger partial charge < -0.3 is 15.8 Å². The maximum absolute atomic E-state index is 11.6. The van der Waals surface area contributed by atoms with Crippen molar-refractivity contribution in [2.75, 3.05) is 19.7 Å². The second-order valence-electron chi connectivity index (χ2n) is 5.34. The van der Waals surface area contributed by atoms with Crippen LogP contribution in [0.1, 0.15) is 30.9 Å². The minimum atomic E-state index is 0.0639. The smallest absolute Gasteiger partial charge is 0.220 e. The first-order chi connectivity index (χ1) is 9.52. The maximum Gasteiger partial charge on any atom is 0.220 e. The van der Waals surface area contributed by atoms with Crippen LogP contribution in [-0.2, 0) is 4.79 Å². The van der Waals surface area contributed by atoms with Gasteiger partial charge in [-0.25, -0.2) is 0 Å². The Morgan fingerprint density at radius 1 is 1.35 bits per heavy atom. The number of carbonyl (C=O) groups excluding carboxylic acids is 1. The van der Waals surface area contributed by atoms with E-state index in [0.29, 0.717) is 32.0 Å². The molecule has 0 radical (unpaired) electrons. The molecule has 0 aliphatic rings. The Labute approximate surface area is 121 Å². The lowest BCUT2D eigenvalue weighted by molar-refractivity contribution is -0.121. The van der Waals surface area contributed by atoms with E-state index in [-0.39, 0.29) is 5.91 Å². The Balaban J connectivity index is 2.18.